The highest BCUT2D eigenvalue weighted by Crippen LogP contribution is 2.08. The molecule has 1 unspecified atom stereocenters. The maximum Gasteiger partial charge on any atom is 0.127 e. The number of halogens is 1. The van der Waals surface area contributed by atoms with Gasteiger partial charge in [0.2, 0.25) is 0 Å². The van der Waals surface area contributed by atoms with Gasteiger partial charge in [-0.15, -0.1) is 0 Å². The van der Waals surface area contributed by atoms with Crippen LogP contribution < -0.4 is 10.6 Å². The Morgan fingerprint density at radius 1 is 1.40 bits per heavy atom. The van der Waals surface area contributed by atoms with Crippen LogP contribution in [0, 0.1) is 11.7 Å². The molecule has 1 saturated heterocycles. The van der Waals surface area contributed by atoms with Crippen molar-refractivity contribution in [1.29, 1.82) is 0 Å². The van der Waals surface area contributed by atoms with E-state index in [1.807, 2.05) is 12.1 Å². The Bertz CT molecular complexity index is 308. The van der Waals surface area contributed by atoms with Crippen molar-refractivity contribution in [2.24, 2.45) is 5.92 Å². The second-order valence-electron chi connectivity index (χ2n) is 4.08. The van der Waals surface area contributed by atoms with E-state index < -0.39 is 0 Å². The third-order valence-corrected chi connectivity index (χ3v) is 2.87. The molecule has 1 aromatic rings. The van der Waals surface area contributed by atoms with Gasteiger partial charge in [-0.1, -0.05) is 18.2 Å². The molecule has 15 heavy (non-hydrogen) atoms. The van der Waals surface area contributed by atoms with Crippen LogP contribution in [-0.2, 0) is 6.54 Å². The molecule has 0 amide bonds. The van der Waals surface area contributed by atoms with Gasteiger partial charge in [0.1, 0.15) is 5.82 Å². The van der Waals surface area contributed by atoms with E-state index in [4.69, 9.17) is 0 Å². The molecular weight excluding hydrogens is 191 g/mol. The fraction of sp³-hybridized carbons (Fsp3) is 0.500. The summed E-state index contributed by atoms with van der Waals surface area (Å²) in [5.41, 5.74) is 0.753. The van der Waals surface area contributed by atoms with Crippen molar-refractivity contribution in [3.8, 4) is 0 Å². The zero-order valence-electron chi connectivity index (χ0n) is 8.80. The largest absolute Gasteiger partial charge is 0.316 e. The van der Waals surface area contributed by atoms with Gasteiger partial charge in [0.15, 0.2) is 0 Å². The molecule has 1 aliphatic heterocycles. The molecule has 1 fully saturated rings. The molecule has 0 radical (unpaired) electrons. The van der Waals surface area contributed by atoms with Gasteiger partial charge in [0, 0.05) is 12.1 Å². The van der Waals surface area contributed by atoms with E-state index in [9.17, 15) is 4.39 Å². The van der Waals surface area contributed by atoms with Gasteiger partial charge in [-0.2, -0.15) is 0 Å². The maximum absolute atomic E-state index is 13.2. The van der Waals surface area contributed by atoms with Crippen LogP contribution in [0.4, 0.5) is 4.39 Å². The third kappa shape index (κ3) is 3.01. The molecule has 2 rings (SSSR count). The van der Waals surface area contributed by atoms with Crippen molar-refractivity contribution >= 4 is 0 Å². The van der Waals surface area contributed by atoms with E-state index in [0.29, 0.717) is 12.5 Å². The lowest BCUT2D eigenvalue weighted by molar-refractivity contribution is 0.503. The van der Waals surface area contributed by atoms with Crippen molar-refractivity contribution < 1.29 is 4.39 Å². The molecule has 0 aliphatic carbocycles. The molecule has 1 aromatic carbocycles. The van der Waals surface area contributed by atoms with Crippen molar-refractivity contribution in [2.45, 2.75) is 13.0 Å². The minimum atomic E-state index is -0.116. The SMILES string of the molecule is Fc1ccccc1CNCC1CCNC1. The van der Waals surface area contributed by atoms with E-state index in [-0.39, 0.29) is 5.82 Å². The first kappa shape index (κ1) is 10.6. The Labute approximate surface area is 89.9 Å². The molecule has 1 atom stereocenters. The van der Waals surface area contributed by atoms with Gasteiger partial charge in [-0.25, -0.2) is 4.39 Å². The molecule has 82 valence electrons. The molecule has 0 bridgehead atoms. The first-order valence-corrected chi connectivity index (χ1v) is 5.51. The molecule has 2 nitrogen and oxygen atoms in total. The summed E-state index contributed by atoms with van der Waals surface area (Å²) in [4.78, 5) is 0. The first-order valence-electron chi connectivity index (χ1n) is 5.51. The van der Waals surface area contributed by atoms with Gasteiger partial charge in [-0.3, -0.25) is 0 Å². The fourth-order valence-corrected chi connectivity index (χ4v) is 1.94. The van der Waals surface area contributed by atoms with E-state index in [1.165, 1.54) is 12.5 Å². The minimum Gasteiger partial charge on any atom is -0.316 e. The Morgan fingerprint density at radius 3 is 3.00 bits per heavy atom. The molecule has 3 heteroatoms. The van der Waals surface area contributed by atoms with E-state index in [0.717, 1.165) is 25.2 Å². The topological polar surface area (TPSA) is 24.1 Å². The maximum atomic E-state index is 13.2. The number of nitrogens with one attached hydrogen (secondary N) is 2. The zero-order valence-corrected chi connectivity index (χ0v) is 8.80. The second kappa shape index (κ2) is 5.24. The quantitative estimate of drug-likeness (QED) is 0.784. The molecule has 0 saturated carbocycles. The van der Waals surface area contributed by atoms with Gasteiger partial charge >= 0.3 is 0 Å². The highest BCUT2D eigenvalue weighted by molar-refractivity contribution is 5.16. The van der Waals surface area contributed by atoms with Crippen molar-refractivity contribution in [1.82, 2.24) is 10.6 Å². The zero-order chi connectivity index (χ0) is 10.5. The Kier molecular flexibility index (Phi) is 3.69. The number of hydrogen-bond acceptors (Lipinski definition) is 2. The van der Waals surface area contributed by atoms with Crippen molar-refractivity contribution in [3.05, 3.63) is 35.6 Å². The van der Waals surface area contributed by atoms with E-state index in [2.05, 4.69) is 10.6 Å². The molecule has 0 aromatic heterocycles. The molecule has 0 spiro atoms. The average molecular weight is 208 g/mol. The van der Waals surface area contributed by atoms with Crippen LogP contribution in [0.15, 0.2) is 24.3 Å². The Morgan fingerprint density at radius 2 is 2.27 bits per heavy atom. The number of rotatable bonds is 4. The summed E-state index contributed by atoms with van der Waals surface area (Å²) >= 11 is 0. The third-order valence-electron chi connectivity index (χ3n) is 2.87. The summed E-state index contributed by atoms with van der Waals surface area (Å²) in [5.74, 6) is 0.589. The van der Waals surface area contributed by atoms with E-state index in [1.54, 1.807) is 6.07 Å². The molecule has 2 N–H and O–H groups in total. The molecule has 1 heterocycles. The van der Waals surface area contributed by atoms with Gasteiger partial charge in [-0.05, 0) is 38.0 Å². The standard InChI is InChI=1S/C12H17FN2/c13-12-4-2-1-3-11(12)9-15-8-10-5-6-14-7-10/h1-4,10,14-15H,5-9H2. The van der Waals surface area contributed by atoms with Crippen LogP contribution in [0.1, 0.15) is 12.0 Å². The second-order valence-corrected chi connectivity index (χ2v) is 4.08. The normalized spacial score (nSPS) is 20.7. The van der Waals surface area contributed by atoms with Crippen molar-refractivity contribution in [3.63, 3.8) is 0 Å². The fourth-order valence-electron chi connectivity index (χ4n) is 1.94. The van der Waals surface area contributed by atoms with Crippen LogP contribution in [0.3, 0.4) is 0 Å². The lowest BCUT2D eigenvalue weighted by Crippen LogP contribution is -2.24. The molecule has 1 aliphatic rings. The predicted octanol–water partition coefficient (Wildman–Crippen LogP) is 1.52. The summed E-state index contributed by atoms with van der Waals surface area (Å²) in [6, 6.07) is 6.93. The lowest BCUT2D eigenvalue weighted by Gasteiger charge is -2.10. The minimum absolute atomic E-state index is 0.116. The smallest absolute Gasteiger partial charge is 0.127 e. The predicted molar refractivity (Wildman–Crippen MR) is 59.1 cm³/mol. The highest BCUT2D eigenvalue weighted by Gasteiger charge is 2.13. The monoisotopic (exact) mass is 208 g/mol. The number of benzene rings is 1. The van der Waals surface area contributed by atoms with E-state index >= 15 is 0 Å². The summed E-state index contributed by atoms with van der Waals surface area (Å²) < 4.78 is 13.2. The van der Waals surface area contributed by atoms with Crippen LogP contribution >= 0.6 is 0 Å². The van der Waals surface area contributed by atoms with Crippen LogP contribution in [0.5, 0.6) is 0 Å². The summed E-state index contributed by atoms with van der Waals surface area (Å²) in [6.07, 6.45) is 1.23. The van der Waals surface area contributed by atoms with Crippen molar-refractivity contribution in [2.75, 3.05) is 19.6 Å². The lowest BCUT2D eigenvalue weighted by atomic mass is 10.1. The van der Waals surface area contributed by atoms with Crippen LogP contribution in [-0.4, -0.2) is 19.6 Å². The summed E-state index contributed by atoms with van der Waals surface area (Å²) in [7, 11) is 0. The van der Waals surface area contributed by atoms with Gasteiger partial charge < -0.3 is 10.6 Å². The van der Waals surface area contributed by atoms with Gasteiger partial charge in [0.25, 0.3) is 0 Å². The summed E-state index contributed by atoms with van der Waals surface area (Å²) in [6.45, 7) is 3.81. The Hall–Kier alpha value is -0.930. The average Bonchev–Trinajstić information content (AvgIpc) is 2.74. The Balaban J connectivity index is 1.75. The summed E-state index contributed by atoms with van der Waals surface area (Å²) in [5, 5.41) is 6.62. The molecular formula is C12H17FN2. The van der Waals surface area contributed by atoms with Crippen LogP contribution in [0.2, 0.25) is 0 Å². The first-order chi connectivity index (χ1) is 7.36. The number of hydrogen-bond donors (Lipinski definition) is 2. The highest BCUT2D eigenvalue weighted by atomic mass is 19.1. The van der Waals surface area contributed by atoms with Crippen LogP contribution in [0.25, 0.3) is 0 Å². The van der Waals surface area contributed by atoms with Gasteiger partial charge in [0.05, 0.1) is 0 Å².